The van der Waals surface area contributed by atoms with Gasteiger partial charge in [0.05, 0.1) is 6.54 Å². The highest BCUT2D eigenvalue weighted by Gasteiger charge is 2.05. The van der Waals surface area contributed by atoms with E-state index < -0.39 is 0 Å². The normalized spacial score (nSPS) is 10.2. The highest BCUT2D eigenvalue weighted by molar-refractivity contribution is 5.94. The lowest BCUT2D eigenvalue weighted by Crippen LogP contribution is -2.23. The maximum Gasteiger partial charge on any atom is 0.251 e. The Morgan fingerprint density at radius 3 is 2.71 bits per heavy atom. The Labute approximate surface area is 99.1 Å². The summed E-state index contributed by atoms with van der Waals surface area (Å²) in [6.45, 7) is 0.874. The molecule has 0 aliphatic heterocycles. The molecule has 2 rings (SSSR count). The number of nitrogens with two attached hydrogens (primary N) is 1. The Morgan fingerprint density at radius 2 is 2.12 bits per heavy atom. The first-order valence-corrected chi connectivity index (χ1v) is 5.35. The van der Waals surface area contributed by atoms with Gasteiger partial charge in [-0.05, 0) is 17.7 Å². The summed E-state index contributed by atoms with van der Waals surface area (Å²) in [5.41, 5.74) is 7.11. The fourth-order valence-electron chi connectivity index (χ4n) is 1.45. The minimum absolute atomic E-state index is 0.120. The van der Waals surface area contributed by atoms with Crippen LogP contribution in [0, 0.1) is 0 Å². The number of nitrogens with one attached hydrogen (secondary N) is 2. The van der Waals surface area contributed by atoms with E-state index in [9.17, 15) is 4.79 Å². The van der Waals surface area contributed by atoms with Gasteiger partial charge in [0.25, 0.3) is 5.91 Å². The molecule has 17 heavy (non-hydrogen) atoms. The van der Waals surface area contributed by atoms with Crippen molar-refractivity contribution in [3.8, 4) is 0 Å². The van der Waals surface area contributed by atoms with E-state index in [0.717, 1.165) is 11.4 Å². The van der Waals surface area contributed by atoms with Crippen LogP contribution in [0.2, 0.25) is 0 Å². The number of hydrogen-bond acceptors (Lipinski definition) is 3. The summed E-state index contributed by atoms with van der Waals surface area (Å²) in [7, 11) is 0. The second-order valence-corrected chi connectivity index (χ2v) is 3.62. The zero-order valence-electron chi connectivity index (χ0n) is 9.31. The molecule has 0 unspecified atom stereocenters. The van der Waals surface area contributed by atoms with Gasteiger partial charge in [-0.2, -0.15) is 0 Å². The number of aromatic amines is 1. The third-order valence-corrected chi connectivity index (χ3v) is 2.42. The molecule has 0 spiro atoms. The largest absolute Gasteiger partial charge is 0.347 e. The van der Waals surface area contributed by atoms with Gasteiger partial charge in [-0.25, -0.2) is 4.98 Å². The molecule has 0 aliphatic carbocycles. The Kier molecular flexibility index (Phi) is 3.52. The quantitative estimate of drug-likeness (QED) is 0.726. The van der Waals surface area contributed by atoms with E-state index in [4.69, 9.17) is 5.73 Å². The Morgan fingerprint density at radius 1 is 1.35 bits per heavy atom. The molecular weight excluding hydrogens is 216 g/mol. The SMILES string of the molecule is NCc1ccc(C(=O)NCc2ncc[nH]2)cc1. The number of imidazole rings is 1. The summed E-state index contributed by atoms with van der Waals surface area (Å²) in [6, 6.07) is 7.23. The molecule has 0 bridgehead atoms. The van der Waals surface area contributed by atoms with E-state index in [-0.39, 0.29) is 5.91 Å². The van der Waals surface area contributed by atoms with E-state index in [2.05, 4.69) is 15.3 Å². The van der Waals surface area contributed by atoms with Crippen LogP contribution < -0.4 is 11.1 Å². The average Bonchev–Trinajstić information content (AvgIpc) is 2.89. The van der Waals surface area contributed by atoms with Crippen molar-refractivity contribution in [3.05, 3.63) is 53.6 Å². The topological polar surface area (TPSA) is 83.8 Å². The molecule has 1 amide bonds. The Bertz CT molecular complexity index is 476. The van der Waals surface area contributed by atoms with Crippen LogP contribution in [0.5, 0.6) is 0 Å². The number of carbonyl (C=O) groups is 1. The van der Waals surface area contributed by atoms with Crippen molar-refractivity contribution in [3.63, 3.8) is 0 Å². The van der Waals surface area contributed by atoms with E-state index in [1.165, 1.54) is 0 Å². The predicted molar refractivity (Wildman–Crippen MR) is 64.1 cm³/mol. The molecule has 2 aromatic rings. The van der Waals surface area contributed by atoms with Gasteiger partial charge in [-0.1, -0.05) is 12.1 Å². The van der Waals surface area contributed by atoms with E-state index in [1.54, 1.807) is 24.5 Å². The van der Waals surface area contributed by atoms with Crippen LogP contribution in [0.3, 0.4) is 0 Å². The number of amides is 1. The summed E-state index contributed by atoms with van der Waals surface area (Å²) >= 11 is 0. The van der Waals surface area contributed by atoms with Crippen molar-refractivity contribution in [2.75, 3.05) is 0 Å². The lowest BCUT2D eigenvalue weighted by molar-refractivity contribution is 0.0950. The van der Waals surface area contributed by atoms with Crippen molar-refractivity contribution in [1.29, 1.82) is 0 Å². The zero-order valence-corrected chi connectivity index (χ0v) is 9.31. The second kappa shape index (κ2) is 5.27. The molecule has 5 heteroatoms. The van der Waals surface area contributed by atoms with Crippen molar-refractivity contribution in [2.45, 2.75) is 13.1 Å². The fraction of sp³-hybridized carbons (Fsp3) is 0.167. The van der Waals surface area contributed by atoms with Crippen molar-refractivity contribution in [1.82, 2.24) is 15.3 Å². The molecule has 0 aliphatic rings. The molecule has 0 fully saturated rings. The minimum Gasteiger partial charge on any atom is -0.347 e. The number of carbonyl (C=O) groups excluding carboxylic acids is 1. The van der Waals surface area contributed by atoms with Gasteiger partial charge in [-0.15, -0.1) is 0 Å². The Balaban J connectivity index is 1.95. The van der Waals surface area contributed by atoms with Crippen LogP contribution in [-0.2, 0) is 13.1 Å². The van der Waals surface area contributed by atoms with Gasteiger partial charge >= 0.3 is 0 Å². The van der Waals surface area contributed by atoms with Gasteiger partial charge < -0.3 is 16.0 Å². The van der Waals surface area contributed by atoms with Crippen LogP contribution in [0.25, 0.3) is 0 Å². The summed E-state index contributed by atoms with van der Waals surface area (Å²) in [4.78, 5) is 18.7. The maximum atomic E-state index is 11.8. The molecular formula is C12H14N4O. The maximum absolute atomic E-state index is 11.8. The standard InChI is InChI=1S/C12H14N4O/c13-7-9-1-3-10(4-2-9)12(17)16-8-11-14-5-6-15-11/h1-6H,7-8,13H2,(H,14,15)(H,16,17). The van der Waals surface area contributed by atoms with E-state index in [0.29, 0.717) is 18.7 Å². The number of rotatable bonds is 4. The first-order chi connectivity index (χ1) is 8.29. The minimum atomic E-state index is -0.120. The molecule has 4 N–H and O–H groups in total. The van der Waals surface area contributed by atoms with Gasteiger partial charge in [0.1, 0.15) is 5.82 Å². The predicted octanol–water partition coefficient (Wildman–Crippen LogP) is 0.798. The molecule has 0 saturated carbocycles. The van der Waals surface area contributed by atoms with Crippen LogP contribution in [0.1, 0.15) is 21.7 Å². The molecule has 0 radical (unpaired) electrons. The number of H-pyrrole nitrogens is 1. The van der Waals surface area contributed by atoms with Crippen LogP contribution in [-0.4, -0.2) is 15.9 Å². The van der Waals surface area contributed by atoms with Gasteiger partial charge in [0, 0.05) is 24.5 Å². The number of hydrogen-bond donors (Lipinski definition) is 3. The lowest BCUT2D eigenvalue weighted by atomic mass is 10.1. The van der Waals surface area contributed by atoms with Crippen LogP contribution >= 0.6 is 0 Å². The first-order valence-electron chi connectivity index (χ1n) is 5.35. The lowest BCUT2D eigenvalue weighted by Gasteiger charge is -2.04. The van der Waals surface area contributed by atoms with Crippen molar-refractivity contribution < 1.29 is 4.79 Å². The molecule has 1 aromatic carbocycles. The van der Waals surface area contributed by atoms with E-state index >= 15 is 0 Å². The second-order valence-electron chi connectivity index (χ2n) is 3.62. The monoisotopic (exact) mass is 230 g/mol. The smallest absolute Gasteiger partial charge is 0.251 e. The number of nitrogens with zero attached hydrogens (tertiary/aromatic N) is 1. The summed E-state index contributed by atoms with van der Waals surface area (Å²) in [5.74, 6) is 0.613. The van der Waals surface area contributed by atoms with Crippen LogP contribution in [0.4, 0.5) is 0 Å². The first kappa shape index (κ1) is 11.3. The van der Waals surface area contributed by atoms with Crippen molar-refractivity contribution >= 4 is 5.91 Å². The highest BCUT2D eigenvalue weighted by Crippen LogP contribution is 2.03. The van der Waals surface area contributed by atoms with Gasteiger partial charge in [-0.3, -0.25) is 4.79 Å². The summed E-state index contributed by atoms with van der Waals surface area (Å²) in [6.07, 6.45) is 3.37. The molecule has 5 nitrogen and oxygen atoms in total. The molecule has 1 aromatic heterocycles. The molecule has 0 atom stereocenters. The van der Waals surface area contributed by atoms with E-state index in [1.807, 2.05) is 12.1 Å². The Hall–Kier alpha value is -2.14. The molecule has 0 saturated heterocycles. The number of benzene rings is 1. The highest BCUT2D eigenvalue weighted by atomic mass is 16.1. The number of aromatic nitrogens is 2. The molecule has 88 valence electrons. The van der Waals surface area contributed by atoms with Crippen LogP contribution in [0.15, 0.2) is 36.7 Å². The third-order valence-electron chi connectivity index (χ3n) is 2.42. The summed E-state index contributed by atoms with van der Waals surface area (Å²) < 4.78 is 0. The molecule has 1 heterocycles. The zero-order chi connectivity index (χ0) is 12.1. The average molecular weight is 230 g/mol. The third kappa shape index (κ3) is 2.92. The van der Waals surface area contributed by atoms with Crippen molar-refractivity contribution in [2.24, 2.45) is 5.73 Å². The fourth-order valence-corrected chi connectivity index (χ4v) is 1.45. The van der Waals surface area contributed by atoms with Gasteiger partial charge in [0.15, 0.2) is 0 Å². The summed E-state index contributed by atoms with van der Waals surface area (Å²) in [5, 5.41) is 2.77. The van der Waals surface area contributed by atoms with Gasteiger partial charge in [0.2, 0.25) is 0 Å².